The van der Waals surface area contributed by atoms with Crippen LogP contribution in [0.4, 0.5) is 13.2 Å². The van der Waals surface area contributed by atoms with Gasteiger partial charge in [-0.1, -0.05) is 19.1 Å². The molecule has 0 bridgehead atoms. The molecule has 0 heterocycles. The fourth-order valence-corrected chi connectivity index (χ4v) is 1.60. The molecule has 0 atom stereocenters. The minimum absolute atomic E-state index is 0.216. The van der Waals surface area contributed by atoms with E-state index in [0.29, 0.717) is 5.75 Å². The Morgan fingerprint density at radius 1 is 1.32 bits per heavy atom. The van der Waals surface area contributed by atoms with E-state index in [1.54, 1.807) is 0 Å². The predicted molar refractivity (Wildman–Crippen MR) is 72.3 cm³/mol. The summed E-state index contributed by atoms with van der Waals surface area (Å²) < 4.78 is 44.0. The molecule has 0 aromatic heterocycles. The first kappa shape index (κ1) is 15.8. The van der Waals surface area contributed by atoms with E-state index in [1.807, 2.05) is 20.8 Å². The van der Waals surface area contributed by atoms with Gasteiger partial charge in [0.1, 0.15) is 16.3 Å². The molecule has 1 aromatic rings. The van der Waals surface area contributed by atoms with Crippen molar-refractivity contribution in [2.75, 3.05) is 0 Å². The summed E-state index contributed by atoms with van der Waals surface area (Å²) in [6.07, 6.45) is -3.77. The van der Waals surface area contributed by atoms with E-state index in [1.165, 1.54) is 12.1 Å². The van der Waals surface area contributed by atoms with Crippen LogP contribution < -0.4 is 10.5 Å². The Morgan fingerprint density at radius 2 is 1.89 bits per heavy atom. The van der Waals surface area contributed by atoms with E-state index in [0.717, 1.165) is 12.5 Å². The number of nitrogens with two attached hydrogens (primary N) is 1. The van der Waals surface area contributed by atoms with Crippen molar-refractivity contribution in [3.8, 4) is 5.75 Å². The van der Waals surface area contributed by atoms with Crippen molar-refractivity contribution in [1.29, 1.82) is 0 Å². The zero-order valence-corrected chi connectivity index (χ0v) is 11.8. The lowest BCUT2D eigenvalue weighted by Crippen LogP contribution is -2.27. The summed E-state index contributed by atoms with van der Waals surface area (Å²) in [5.74, 6) is 0.322. The van der Waals surface area contributed by atoms with E-state index in [2.05, 4.69) is 12.2 Å². The molecule has 1 aromatic carbocycles. The number of rotatable bonds is 4. The highest BCUT2D eigenvalue weighted by Gasteiger charge is 2.34. The molecule has 106 valence electrons. The molecule has 2 nitrogen and oxygen atoms in total. The number of ether oxygens (including phenoxy) is 1. The van der Waals surface area contributed by atoms with Crippen LogP contribution in [0.15, 0.2) is 18.2 Å². The zero-order valence-electron chi connectivity index (χ0n) is 11.0. The number of thiocarbonyl (C=S) groups is 1. The van der Waals surface area contributed by atoms with Gasteiger partial charge >= 0.3 is 6.18 Å². The van der Waals surface area contributed by atoms with Gasteiger partial charge in [0.25, 0.3) is 0 Å². The molecule has 0 fully saturated rings. The maximum Gasteiger partial charge on any atom is 0.417 e. The number of hydrogen-bond acceptors (Lipinski definition) is 2. The van der Waals surface area contributed by atoms with Crippen LogP contribution in [-0.4, -0.2) is 10.6 Å². The van der Waals surface area contributed by atoms with Crippen molar-refractivity contribution >= 4 is 17.2 Å². The quantitative estimate of drug-likeness (QED) is 0.854. The molecule has 0 unspecified atom stereocenters. The number of alkyl halides is 3. The molecule has 0 saturated carbocycles. The van der Waals surface area contributed by atoms with Crippen molar-refractivity contribution in [2.24, 2.45) is 5.73 Å². The first-order chi connectivity index (χ1) is 8.57. The molecule has 19 heavy (non-hydrogen) atoms. The highest BCUT2D eigenvalue weighted by molar-refractivity contribution is 7.80. The molecule has 6 heteroatoms. The normalized spacial score (nSPS) is 12.3. The van der Waals surface area contributed by atoms with Crippen LogP contribution in [0.3, 0.4) is 0 Å². The molecular formula is C13H16F3NOS. The third kappa shape index (κ3) is 4.09. The van der Waals surface area contributed by atoms with Crippen molar-refractivity contribution in [3.05, 3.63) is 29.3 Å². The maximum atomic E-state index is 12.8. The fraction of sp³-hybridized carbons (Fsp3) is 0.462. The lowest BCUT2D eigenvalue weighted by Gasteiger charge is -2.25. The smallest absolute Gasteiger partial charge is 0.417 e. The van der Waals surface area contributed by atoms with Crippen molar-refractivity contribution in [1.82, 2.24) is 0 Å². The second-order valence-electron chi connectivity index (χ2n) is 4.78. The topological polar surface area (TPSA) is 35.2 Å². The lowest BCUT2D eigenvalue weighted by atomic mass is 10.0. The van der Waals surface area contributed by atoms with Gasteiger partial charge in [0.15, 0.2) is 0 Å². The van der Waals surface area contributed by atoms with E-state index < -0.39 is 17.3 Å². The minimum atomic E-state index is -4.49. The minimum Gasteiger partial charge on any atom is -0.488 e. The van der Waals surface area contributed by atoms with Gasteiger partial charge in [-0.3, -0.25) is 0 Å². The molecule has 0 spiro atoms. The molecule has 0 saturated heterocycles. The second kappa shape index (κ2) is 5.36. The highest BCUT2D eigenvalue weighted by Crippen LogP contribution is 2.34. The van der Waals surface area contributed by atoms with Crippen LogP contribution in [-0.2, 0) is 6.18 Å². The first-order valence-electron chi connectivity index (χ1n) is 5.77. The standard InChI is InChI=1S/C13H16F3NOS/c1-4-12(2,3)18-8-5-6-10(13(14,15)16)9(7-8)11(17)19/h5-7H,4H2,1-3H3,(H2,17,19). The summed E-state index contributed by atoms with van der Waals surface area (Å²) in [6.45, 7) is 5.63. The van der Waals surface area contributed by atoms with Gasteiger partial charge in [0.05, 0.1) is 5.56 Å². The van der Waals surface area contributed by atoms with Crippen LogP contribution in [0.25, 0.3) is 0 Å². The molecule has 0 aliphatic heterocycles. The van der Waals surface area contributed by atoms with Gasteiger partial charge in [0.2, 0.25) is 0 Å². The Hall–Kier alpha value is -1.30. The van der Waals surface area contributed by atoms with E-state index in [-0.39, 0.29) is 10.6 Å². The van der Waals surface area contributed by atoms with E-state index >= 15 is 0 Å². The molecule has 0 amide bonds. The van der Waals surface area contributed by atoms with Crippen molar-refractivity contribution in [3.63, 3.8) is 0 Å². The Bertz CT molecular complexity index is 483. The average Bonchev–Trinajstić information content (AvgIpc) is 2.26. The Balaban J connectivity index is 3.21. The van der Waals surface area contributed by atoms with Crippen LogP contribution in [0.1, 0.15) is 38.3 Å². The number of halogens is 3. The summed E-state index contributed by atoms with van der Waals surface area (Å²) in [5.41, 5.74) is 3.83. The molecular weight excluding hydrogens is 275 g/mol. The molecule has 1 rings (SSSR count). The van der Waals surface area contributed by atoms with Gasteiger partial charge in [-0.2, -0.15) is 13.2 Å². The molecule has 2 N–H and O–H groups in total. The van der Waals surface area contributed by atoms with Crippen LogP contribution in [0.2, 0.25) is 0 Å². The molecule has 0 aliphatic carbocycles. The Kier molecular flexibility index (Phi) is 4.45. The number of hydrogen-bond donors (Lipinski definition) is 1. The zero-order chi connectivity index (χ0) is 14.8. The highest BCUT2D eigenvalue weighted by atomic mass is 32.1. The van der Waals surface area contributed by atoms with E-state index in [4.69, 9.17) is 10.5 Å². The number of benzene rings is 1. The molecule has 0 radical (unpaired) electrons. The summed E-state index contributed by atoms with van der Waals surface area (Å²) in [7, 11) is 0. The Morgan fingerprint density at radius 3 is 2.32 bits per heavy atom. The van der Waals surface area contributed by atoms with Gasteiger partial charge in [0, 0.05) is 5.56 Å². The summed E-state index contributed by atoms with van der Waals surface area (Å²) >= 11 is 4.67. The van der Waals surface area contributed by atoms with Crippen LogP contribution >= 0.6 is 12.2 Å². The first-order valence-corrected chi connectivity index (χ1v) is 6.17. The Labute approximate surface area is 115 Å². The largest absolute Gasteiger partial charge is 0.488 e. The lowest BCUT2D eigenvalue weighted by molar-refractivity contribution is -0.137. The summed E-state index contributed by atoms with van der Waals surface area (Å²) in [5, 5.41) is 0. The monoisotopic (exact) mass is 291 g/mol. The average molecular weight is 291 g/mol. The third-order valence-electron chi connectivity index (χ3n) is 2.81. The van der Waals surface area contributed by atoms with Gasteiger partial charge in [-0.15, -0.1) is 0 Å². The van der Waals surface area contributed by atoms with Crippen LogP contribution in [0, 0.1) is 0 Å². The summed E-state index contributed by atoms with van der Waals surface area (Å²) in [6, 6.07) is 3.46. The predicted octanol–water partition coefficient (Wildman–Crippen LogP) is 3.91. The SMILES string of the molecule is CCC(C)(C)Oc1ccc(C(F)(F)F)c(C(N)=S)c1. The van der Waals surface area contributed by atoms with Crippen LogP contribution in [0.5, 0.6) is 5.75 Å². The van der Waals surface area contributed by atoms with Gasteiger partial charge in [-0.05, 0) is 38.5 Å². The second-order valence-corrected chi connectivity index (χ2v) is 5.22. The van der Waals surface area contributed by atoms with Crippen molar-refractivity contribution in [2.45, 2.75) is 39.0 Å². The molecule has 0 aliphatic rings. The maximum absolute atomic E-state index is 12.8. The summed E-state index contributed by atoms with van der Waals surface area (Å²) in [4.78, 5) is -0.299. The van der Waals surface area contributed by atoms with Gasteiger partial charge < -0.3 is 10.5 Å². The fourth-order valence-electron chi connectivity index (χ4n) is 1.43. The van der Waals surface area contributed by atoms with Crippen molar-refractivity contribution < 1.29 is 17.9 Å². The van der Waals surface area contributed by atoms with E-state index in [9.17, 15) is 13.2 Å². The van der Waals surface area contributed by atoms with Gasteiger partial charge in [-0.25, -0.2) is 0 Å². The third-order valence-corrected chi connectivity index (χ3v) is 3.03.